The van der Waals surface area contributed by atoms with E-state index < -0.39 is 0 Å². The molecule has 0 bridgehead atoms. The summed E-state index contributed by atoms with van der Waals surface area (Å²) in [5, 5.41) is 0. The molecule has 2 heterocycles. The molecule has 1 aromatic heterocycles. The molecule has 0 aromatic carbocycles. The van der Waals surface area contributed by atoms with E-state index in [4.69, 9.17) is 22.4 Å². The number of piperazine rings is 1. The van der Waals surface area contributed by atoms with Crippen molar-refractivity contribution in [3.05, 3.63) is 23.7 Å². The lowest BCUT2D eigenvalue weighted by Gasteiger charge is -2.37. The molecule has 1 atom stereocenters. The highest BCUT2D eigenvalue weighted by Crippen LogP contribution is 2.14. The van der Waals surface area contributed by atoms with Crippen LogP contribution >= 0.6 is 12.2 Å². The molecule has 1 aliphatic rings. The summed E-state index contributed by atoms with van der Waals surface area (Å²) in [7, 11) is 0. The average molecular weight is 295 g/mol. The lowest BCUT2D eigenvalue weighted by Crippen LogP contribution is -2.53. The smallest absolute Gasteiger partial charge is 0.289 e. The van der Waals surface area contributed by atoms with E-state index >= 15 is 0 Å². The third-order valence-electron chi connectivity index (χ3n) is 3.78. The minimum atomic E-state index is -0.0349. The summed E-state index contributed by atoms with van der Waals surface area (Å²) in [6.45, 7) is 6.92. The van der Waals surface area contributed by atoms with Gasteiger partial charge in [0.1, 0.15) is 5.76 Å². The fourth-order valence-corrected chi connectivity index (χ4v) is 2.48. The first-order valence-corrected chi connectivity index (χ1v) is 7.35. The number of aryl methyl sites for hydroxylation is 1. The van der Waals surface area contributed by atoms with Gasteiger partial charge in [0.25, 0.3) is 5.91 Å². The number of carbonyl (C=O) groups is 1. The van der Waals surface area contributed by atoms with Crippen molar-refractivity contribution in [2.24, 2.45) is 5.73 Å². The highest BCUT2D eigenvalue weighted by molar-refractivity contribution is 7.80. The highest BCUT2D eigenvalue weighted by atomic mass is 32.1. The number of nitrogens with zero attached hydrogens (tertiary/aromatic N) is 2. The van der Waals surface area contributed by atoms with Crippen molar-refractivity contribution in [1.29, 1.82) is 0 Å². The van der Waals surface area contributed by atoms with E-state index in [1.807, 2.05) is 24.8 Å². The predicted molar refractivity (Wildman–Crippen MR) is 81.8 cm³/mol. The lowest BCUT2D eigenvalue weighted by atomic mass is 10.2. The molecule has 1 aromatic rings. The van der Waals surface area contributed by atoms with Gasteiger partial charge < -0.3 is 15.1 Å². The van der Waals surface area contributed by atoms with Gasteiger partial charge in [-0.1, -0.05) is 19.1 Å². The molecule has 6 heteroatoms. The second kappa shape index (κ2) is 6.37. The fraction of sp³-hybridized carbons (Fsp3) is 0.571. The monoisotopic (exact) mass is 295 g/mol. The second-order valence-corrected chi connectivity index (χ2v) is 5.50. The van der Waals surface area contributed by atoms with Crippen LogP contribution in [0.1, 0.15) is 30.2 Å². The largest absolute Gasteiger partial charge is 0.456 e. The minimum absolute atomic E-state index is 0.0349. The number of thiocarbonyl (C=S) groups is 1. The fourth-order valence-electron chi connectivity index (χ4n) is 2.33. The molecule has 1 fully saturated rings. The number of hydrogen-bond acceptors (Lipinski definition) is 4. The van der Waals surface area contributed by atoms with Gasteiger partial charge in [-0.2, -0.15) is 0 Å². The van der Waals surface area contributed by atoms with Gasteiger partial charge in [0.2, 0.25) is 0 Å². The molecule has 1 unspecified atom stereocenters. The van der Waals surface area contributed by atoms with Crippen LogP contribution in [0.15, 0.2) is 16.5 Å². The molecule has 20 heavy (non-hydrogen) atoms. The Morgan fingerprint density at radius 3 is 2.55 bits per heavy atom. The third-order valence-corrected chi connectivity index (χ3v) is 4.12. The van der Waals surface area contributed by atoms with Crippen molar-refractivity contribution in [3.8, 4) is 0 Å². The highest BCUT2D eigenvalue weighted by Gasteiger charge is 2.26. The van der Waals surface area contributed by atoms with Crippen molar-refractivity contribution in [2.45, 2.75) is 26.3 Å². The SMILES string of the molecule is CCc1ccc(C(=O)N2CCN(C(C)C(N)=S)CC2)o1. The van der Waals surface area contributed by atoms with Gasteiger partial charge in [0.15, 0.2) is 5.76 Å². The molecule has 0 aliphatic carbocycles. The normalized spacial score (nSPS) is 18.0. The molecule has 2 N–H and O–H groups in total. The van der Waals surface area contributed by atoms with Gasteiger partial charge in [-0.25, -0.2) is 0 Å². The van der Waals surface area contributed by atoms with Gasteiger partial charge in [-0.15, -0.1) is 0 Å². The molecule has 0 spiro atoms. The first-order chi connectivity index (χ1) is 9.52. The summed E-state index contributed by atoms with van der Waals surface area (Å²) >= 11 is 5.01. The number of amides is 1. The Labute approximate surface area is 124 Å². The number of carbonyl (C=O) groups excluding carboxylic acids is 1. The molecule has 1 amide bonds. The first kappa shape index (κ1) is 15.0. The number of furan rings is 1. The molecule has 1 saturated heterocycles. The molecule has 5 nitrogen and oxygen atoms in total. The maximum Gasteiger partial charge on any atom is 0.289 e. The molecule has 1 aliphatic heterocycles. The molecule has 0 saturated carbocycles. The standard InChI is InChI=1S/C14H21N3O2S/c1-3-11-4-5-12(19-11)14(18)17-8-6-16(7-9-17)10(2)13(15)20/h4-5,10H,3,6-9H2,1-2H3,(H2,15,20). The Hall–Kier alpha value is -1.40. The predicted octanol–water partition coefficient (Wildman–Crippen LogP) is 1.27. The van der Waals surface area contributed by atoms with E-state index in [1.54, 1.807) is 6.07 Å². The zero-order valence-corrected chi connectivity index (χ0v) is 12.8. The summed E-state index contributed by atoms with van der Waals surface area (Å²) < 4.78 is 5.51. The van der Waals surface area contributed by atoms with Gasteiger partial charge in [0, 0.05) is 32.6 Å². The quantitative estimate of drug-likeness (QED) is 0.848. The lowest BCUT2D eigenvalue weighted by molar-refractivity contribution is 0.0589. The molecule has 2 rings (SSSR count). The Morgan fingerprint density at radius 2 is 2.05 bits per heavy atom. The van der Waals surface area contributed by atoms with Crippen LogP contribution in [0, 0.1) is 0 Å². The van der Waals surface area contributed by atoms with Crippen LogP contribution in [0.5, 0.6) is 0 Å². The molecular weight excluding hydrogens is 274 g/mol. The van der Waals surface area contributed by atoms with Gasteiger partial charge >= 0.3 is 0 Å². The van der Waals surface area contributed by atoms with Crippen molar-refractivity contribution in [1.82, 2.24) is 9.80 Å². The first-order valence-electron chi connectivity index (χ1n) is 6.94. The van der Waals surface area contributed by atoms with Crippen LogP contribution in [0.3, 0.4) is 0 Å². The number of nitrogens with two attached hydrogens (primary N) is 1. The minimum Gasteiger partial charge on any atom is -0.456 e. The summed E-state index contributed by atoms with van der Waals surface area (Å²) in [6.07, 6.45) is 0.798. The second-order valence-electron chi connectivity index (χ2n) is 5.03. The van der Waals surface area contributed by atoms with E-state index in [9.17, 15) is 4.79 Å². The Balaban J connectivity index is 1.93. The zero-order valence-electron chi connectivity index (χ0n) is 12.0. The van der Waals surface area contributed by atoms with Crippen molar-refractivity contribution < 1.29 is 9.21 Å². The van der Waals surface area contributed by atoms with Crippen LogP contribution < -0.4 is 5.73 Å². The number of rotatable bonds is 4. The van der Waals surface area contributed by atoms with Crippen LogP contribution in [0.25, 0.3) is 0 Å². The molecular formula is C14H21N3O2S. The summed E-state index contributed by atoms with van der Waals surface area (Å²) in [4.78, 5) is 16.8. The maximum atomic E-state index is 12.3. The molecule has 110 valence electrons. The summed E-state index contributed by atoms with van der Waals surface area (Å²) in [5.74, 6) is 1.24. The number of hydrogen-bond donors (Lipinski definition) is 1. The summed E-state index contributed by atoms with van der Waals surface area (Å²) in [6, 6.07) is 3.70. The van der Waals surface area contributed by atoms with E-state index in [2.05, 4.69) is 4.90 Å². The average Bonchev–Trinajstić information content (AvgIpc) is 2.94. The zero-order chi connectivity index (χ0) is 14.7. The molecule has 0 radical (unpaired) electrons. The van der Waals surface area contributed by atoms with E-state index in [0.717, 1.165) is 25.3 Å². The Bertz CT molecular complexity index is 492. The van der Waals surface area contributed by atoms with Gasteiger partial charge in [0.05, 0.1) is 11.0 Å². The maximum absolute atomic E-state index is 12.3. The van der Waals surface area contributed by atoms with Crippen LogP contribution in [0.2, 0.25) is 0 Å². The summed E-state index contributed by atoms with van der Waals surface area (Å²) in [5.41, 5.74) is 5.66. The van der Waals surface area contributed by atoms with Crippen LogP contribution in [-0.4, -0.2) is 52.9 Å². The Kier molecular flexibility index (Phi) is 4.77. The van der Waals surface area contributed by atoms with Crippen molar-refractivity contribution in [2.75, 3.05) is 26.2 Å². The van der Waals surface area contributed by atoms with Crippen LogP contribution in [-0.2, 0) is 6.42 Å². The van der Waals surface area contributed by atoms with Crippen molar-refractivity contribution in [3.63, 3.8) is 0 Å². The van der Waals surface area contributed by atoms with E-state index in [1.165, 1.54) is 0 Å². The van der Waals surface area contributed by atoms with Gasteiger partial charge in [-0.3, -0.25) is 9.69 Å². The Morgan fingerprint density at radius 1 is 1.40 bits per heavy atom. The van der Waals surface area contributed by atoms with E-state index in [-0.39, 0.29) is 11.9 Å². The topological polar surface area (TPSA) is 62.7 Å². The van der Waals surface area contributed by atoms with Crippen LogP contribution in [0.4, 0.5) is 0 Å². The van der Waals surface area contributed by atoms with Gasteiger partial charge in [-0.05, 0) is 19.1 Å². The van der Waals surface area contributed by atoms with E-state index in [0.29, 0.717) is 23.8 Å². The van der Waals surface area contributed by atoms with Crippen molar-refractivity contribution >= 4 is 23.1 Å². The third kappa shape index (κ3) is 3.19.